The van der Waals surface area contributed by atoms with Crippen LogP contribution in [-0.4, -0.2) is 9.13 Å². The van der Waals surface area contributed by atoms with Gasteiger partial charge in [0, 0.05) is 38.3 Å². The SMILES string of the molecule is c1ccc(-n2c3cc(-c4ccc5c(c4)c4ccccc4n5-c4ccc5ccc(-c6ccc7c8c(cccc68)-c6ccccc6-7)cc5c4)ccc3c3ccc4ccccc4c32)cc1. The van der Waals surface area contributed by atoms with Gasteiger partial charge in [-0.25, -0.2) is 0 Å². The first-order valence-electron chi connectivity index (χ1n) is 21.5. The largest absolute Gasteiger partial charge is 0.309 e. The predicted molar refractivity (Wildman–Crippen MR) is 263 cm³/mol. The van der Waals surface area contributed by atoms with E-state index in [2.05, 4.69) is 228 Å². The number of para-hydroxylation sites is 2. The van der Waals surface area contributed by atoms with E-state index in [1.54, 1.807) is 0 Å². The Hall–Kier alpha value is -8.20. The highest BCUT2D eigenvalue weighted by Gasteiger charge is 2.23. The Kier molecular flexibility index (Phi) is 6.86. The van der Waals surface area contributed by atoms with Crippen LogP contribution in [0.4, 0.5) is 0 Å². The van der Waals surface area contributed by atoms with Crippen molar-refractivity contribution in [1.82, 2.24) is 9.13 Å². The Morgan fingerprint density at radius 3 is 1.77 bits per heavy atom. The van der Waals surface area contributed by atoms with Crippen LogP contribution in [0.25, 0.3) is 132 Å². The molecule has 62 heavy (non-hydrogen) atoms. The summed E-state index contributed by atoms with van der Waals surface area (Å²) in [5.41, 5.74) is 17.4. The predicted octanol–water partition coefficient (Wildman–Crippen LogP) is 16.3. The Bertz CT molecular complexity index is 4000. The minimum atomic E-state index is 1.16. The zero-order chi connectivity index (χ0) is 40.5. The van der Waals surface area contributed by atoms with Crippen LogP contribution in [0, 0.1) is 0 Å². The van der Waals surface area contributed by atoms with Crippen molar-refractivity contribution in [2.75, 3.05) is 0 Å². The van der Waals surface area contributed by atoms with Crippen molar-refractivity contribution >= 4 is 75.9 Å². The van der Waals surface area contributed by atoms with E-state index in [9.17, 15) is 0 Å². The molecule has 14 rings (SSSR count). The average Bonchev–Trinajstić information content (AvgIpc) is 3.98. The summed E-state index contributed by atoms with van der Waals surface area (Å²) < 4.78 is 4.90. The first-order chi connectivity index (χ1) is 30.7. The van der Waals surface area contributed by atoms with Gasteiger partial charge in [-0.15, -0.1) is 0 Å². The molecule has 2 heteroatoms. The van der Waals surface area contributed by atoms with Crippen LogP contribution >= 0.6 is 0 Å². The molecule has 0 spiro atoms. The molecule has 0 saturated carbocycles. The minimum Gasteiger partial charge on any atom is -0.309 e. The van der Waals surface area contributed by atoms with Gasteiger partial charge in [-0.2, -0.15) is 0 Å². The van der Waals surface area contributed by atoms with Gasteiger partial charge >= 0.3 is 0 Å². The molecule has 13 aromatic rings. The van der Waals surface area contributed by atoms with Crippen molar-refractivity contribution in [1.29, 1.82) is 0 Å². The molecule has 0 atom stereocenters. The van der Waals surface area contributed by atoms with Crippen LogP contribution in [0.1, 0.15) is 0 Å². The molecule has 0 bridgehead atoms. The lowest BCUT2D eigenvalue weighted by Crippen LogP contribution is -1.94. The van der Waals surface area contributed by atoms with Crippen LogP contribution in [0.15, 0.2) is 218 Å². The number of benzene rings is 11. The van der Waals surface area contributed by atoms with Crippen LogP contribution < -0.4 is 0 Å². The van der Waals surface area contributed by atoms with Crippen molar-refractivity contribution in [2.24, 2.45) is 0 Å². The molecular formula is C60H36N2. The van der Waals surface area contributed by atoms with E-state index in [1.807, 2.05) is 0 Å². The summed E-state index contributed by atoms with van der Waals surface area (Å²) in [6.07, 6.45) is 0. The van der Waals surface area contributed by atoms with E-state index in [0.717, 1.165) is 11.4 Å². The van der Waals surface area contributed by atoms with Crippen LogP contribution in [0.3, 0.4) is 0 Å². The molecule has 0 aliphatic heterocycles. The smallest absolute Gasteiger partial charge is 0.0619 e. The summed E-state index contributed by atoms with van der Waals surface area (Å²) in [6, 6.07) is 81.0. The first kappa shape index (κ1) is 33.6. The molecular weight excluding hydrogens is 749 g/mol. The summed E-state index contributed by atoms with van der Waals surface area (Å²) >= 11 is 0. The van der Waals surface area contributed by atoms with E-state index < -0.39 is 0 Å². The standard InChI is InChI=1S/C60H36N2/c1-2-12-43(13-3-1)62-58-36-40(25-28-50(58)54-29-24-38-11-4-5-14-46(38)60(54)62)39-26-32-57-55(35-39)49-17-8-9-20-56(49)61(57)44-27-23-37-21-22-41(33-42(37)34-44)45-30-31-53-48-16-7-6-15-47(48)52-19-10-18-51(45)59(52)53/h1-36H. The number of hydrogen-bond acceptors (Lipinski definition) is 0. The van der Waals surface area contributed by atoms with Crippen molar-refractivity contribution in [3.63, 3.8) is 0 Å². The molecule has 2 aromatic heterocycles. The van der Waals surface area contributed by atoms with Crippen molar-refractivity contribution in [3.05, 3.63) is 218 Å². The third-order valence-corrected chi connectivity index (χ3v) is 13.6. The molecule has 1 aliphatic carbocycles. The zero-order valence-electron chi connectivity index (χ0n) is 33.7. The number of hydrogen-bond donors (Lipinski definition) is 0. The quantitative estimate of drug-likeness (QED) is 0.168. The number of nitrogens with zero attached hydrogens (tertiary/aromatic N) is 2. The molecule has 0 radical (unpaired) electrons. The highest BCUT2D eigenvalue weighted by atomic mass is 15.0. The summed E-state index contributed by atoms with van der Waals surface area (Å²) in [4.78, 5) is 0. The van der Waals surface area contributed by atoms with E-state index in [0.29, 0.717) is 0 Å². The van der Waals surface area contributed by atoms with Crippen molar-refractivity contribution < 1.29 is 0 Å². The molecule has 0 unspecified atom stereocenters. The maximum atomic E-state index is 2.45. The van der Waals surface area contributed by atoms with Gasteiger partial charge in [-0.1, -0.05) is 164 Å². The Balaban J connectivity index is 0.916. The third-order valence-electron chi connectivity index (χ3n) is 13.6. The van der Waals surface area contributed by atoms with Gasteiger partial charge in [0.2, 0.25) is 0 Å². The van der Waals surface area contributed by atoms with Gasteiger partial charge < -0.3 is 9.13 Å². The fraction of sp³-hybridized carbons (Fsp3) is 0. The average molecular weight is 785 g/mol. The first-order valence-corrected chi connectivity index (χ1v) is 21.5. The zero-order valence-corrected chi connectivity index (χ0v) is 33.7. The summed E-state index contributed by atoms with van der Waals surface area (Å²) in [7, 11) is 0. The summed E-state index contributed by atoms with van der Waals surface area (Å²) in [5.74, 6) is 0. The van der Waals surface area contributed by atoms with Crippen LogP contribution in [-0.2, 0) is 0 Å². The van der Waals surface area contributed by atoms with Crippen LogP contribution in [0.2, 0.25) is 0 Å². The molecule has 2 nitrogen and oxygen atoms in total. The molecule has 0 fully saturated rings. The van der Waals surface area contributed by atoms with Gasteiger partial charge in [0.25, 0.3) is 0 Å². The van der Waals surface area contributed by atoms with Gasteiger partial charge in [0.1, 0.15) is 0 Å². The van der Waals surface area contributed by atoms with Crippen molar-refractivity contribution in [3.8, 4) is 55.9 Å². The fourth-order valence-electron chi connectivity index (χ4n) is 10.8. The molecule has 0 amide bonds. The lowest BCUT2D eigenvalue weighted by atomic mass is 9.93. The minimum absolute atomic E-state index is 1.16. The van der Waals surface area contributed by atoms with Gasteiger partial charge in [-0.05, 0) is 126 Å². The van der Waals surface area contributed by atoms with E-state index in [1.165, 1.54) is 120 Å². The summed E-state index contributed by atoms with van der Waals surface area (Å²) in [6.45, 7) is 0. The highest BCUT2D eigenvalue weighted by Crippen LogP contribution is 2.49. The van der Waals surface area contributed by atoms with Crippen molar-refractivity contribution in [2.45, 2.75) is 0 Å². The second-order valence-corrected chi connectivity index (χ2v) is 16.9. The Morgan fingerprint density at radius 1 is 0.242 bits per heavy atom. The lowest BCUT2D eigenvalue weighted by molar-refractivity contribution is 1.18. The maximum absolute atomic E-state index is 2.45. The van der Waals surface area contributed by atoms with E-state index in [4.69, 9.17) is 0 Å². The molecule has 1 aliphatic rings. The molecule has 286 valence electrons. The Labute approximate surface area is 357 Å². The fourth-order valence-corrected chi connectivity index (χ4v) is 10.8. The highest BCUT2D eigenvalue weighted by molar-refractivity contribution is 6.20. The third kappa shape index (κ3) is 4.69. The lowest BCUT2D eigenvalue weighted by Gasteiger charge is -2.13. The topological polar surface area (TPSA) is 9.86 Å². The Morgan fingerprint density at radius 2 is 0.871 bits per heavy atom. The normalized spacial score (nSPS) is 12.2. The molecule has 2 heterocycles. The summed E-state index contributed by atoms with van der Waals surface area (Å²) in [5, 5.41) is 12.7. The maximum Gasteiger partial charge on any atom is 0.0619 e. The van der Waals surface area contributed by atoms with E-state index >= 15 is 0 Å². The van der Waals surface area contributed by atoms with Gasteiger partial charge in [0.05, 0.1) is 22.1 Å². The molecule has 0 N–H and O–H groups in total. The monoisotopic (exact) mass is 784 g/mol. The number of aromatic nitrogens is 2. The molecule has 11 aromatic carbocycles. The van der Waals surface area contributed by atoms with Gasteiger partial charge in [0.15, 0.2) is 0 Å². The second-order valence-electron chi connectivity index (χ2n) is 16.9. The number of fused-ring (bicyclic) bond motifs is 12. The van der Waals surface area contributed by atoms with Crippen LogP contribution in [0.5, 0.6) is 0 Å². The van der Waals surface area contributed by atoms with Gasteiger partial charge in [-0.3, -0.25) is 0 Å². The number of rotatable bonds is 4. The molecule has 0 saturated heterocycles. The van der Waals surface area contributed by atoms with E-state index in [-0.39, 0.29) is 0 Å². The second kappa shape index (κ2) is 12.7.